The average molecular weight is 772 g/mol. The summed E-state index contributed by atoms with van der Waals surface area (Å²) in [5.41, 5.74) is 16.1. The zero-order chi connectivity index (χ0) is 35.8. The number of hydrogen-bond donors (Lipinski definition) is 0. The quantitative estimate of drug-likeness (QED) is 0.135. The van der Waals surface area contributed by atoms with Crippen LogP contribution < -0.4 is 10.4 Å². The van der Waals surface area contributed by atoms with Crippen LogP contribution in [0.3, 0.4) is 0 Å². The summed E-state index contributed by atoms with van der Waals surface area (Å²) in [5.74, 6) is 0. The van der Waals surface area contributed by atoms with E-state index >= 15 is 0 Å². The third kappa shape index (κ3) is 4.86. The summed E-state index contributed by atoms with van der Waals surface area (Å²) in [6.07, 6.45) is 5.21. The Labute approximate surface area is 317 Å². The summed E-state index contributed by atoms with van der Waals surface area (Å²) >= 11 is -3.39. The number of fused-ring (bicyclic) bond motifs is 2. The van der Waals surface area contributed by atoms with Gasteiger partial charge in [0, 0.05) is 0 Å². The van der Waals surface area contributed by atoms with Crippen LogP contribution in [-0.2, 0) is 20.3 Å². The Hall–Kier alpha value is -3.58. The molecule has 0 N–H and O–H groups in total. The standard InChI is InChI=1S/C42H34Si.2C4H9.Zr/c1-27-25-31-17-11-23-37(41(31)39(27)35-21-9-15-29-13-5-7-19-33(29)35)43(3,4)38-24-12-18-32-26-28(2)40(42(32)38)36-22-10-16-30-14-6-8-20-34(30)36;2*1-3-4-2;/h5-26H,1-4H3;2*1,3-4H2,2H3;. The van der Waals surface area contributed by atoms with Crippen molar-refractivity contribution >= 4 is 51.1 Å². The molecule has 3 aliphatic rings. The van der Waals surface area contributed by atoms with E-state index in [1.807, 2.05) is 0 Å². The first-order chi connectivity index (χ1) is 25.3. The minimum absolute atomic E-state index is 0.558. The van der Waals surface area contributed by atoms with E-state index in [1.165, 1.54) is 66.6 Å². The van der Waals surface area contributed by atoms with Crippen molar-refractivity contribution in [2.24, 2.45) is 0 Å². The summed E-state index contributed by atoms with van der Waals surface area (Å²) in [4.78, 5) is 0. The van der Waals surface area contributed by atoms with E-state index in [-0.39, 0.29) is 0 Å². The summed E-state index contributed by atoms with van der Waals surface area (Å²) in [5, 5.41) is 8.77. The number of benzene rings is 6. The molecule has 260 valence electrons. The third-order valence-electron chi connectivity index (χ3n) is 13.6. The van der Waals surface area contributed by atoms with Crippen molar-refractivity contribution in [2.45, 2.75) is 82.0 Å². The Bertz CT molecular complexity index is 2280. The Balaban J connectivity index is 1.45. The van der Waals surface area contributed by atoms with E-state index in [0.717, 1.165) is 0 Å². The van der Waals surface area contributed by atoms with Gasteiger partial charge in [-0.05, 0) is 0 Å². The number of allylic oxidation sites excluding steroid dienone is 2. The molecule has 2 aliphatic carbocycles. The molecule has 0 saturated carbocycles. The van der Waals surface area contributed by atoms with Gasteiger partial charge in [0.15, 0.2) is 0 Å². The van der Waals surface area contributed by atoms with Gasteiger partial charge in [-0.1, -0.05) is 0 Å². The third-order valence-corrected chi connectivity index (χ3v) is 32.7. The minimum atomic E-state index is -3.39. The fourth-order valence-electron chi connectivity index (χ4n) is 11.5. The van der Waals surface area contributed by atoms with E-state index in [4.69, 9.17) is 0 Å². The van der Waals surface area contributed by atoms with Gasteiger partial charge >= 0.3 is 319 Å². The molecule has 0 radical (unpaired) electrons. The van der Waals surface area contributed by atoms with Crippen molar-refractivity contribution in [3.8, 4) is 0 Å². The van der Waals surface area contributed by atoms with Crippen LogP contribution in [0.25, 0.3) is 32.7 Å². The zero-order valence-corrected chi connectivity index (χ0v) is 35.4. The normalized spacial score (nSPS) is 19.6. The molecule has 8 bridgehead atoms. The van der Waals surface area contributed by atoms with Crippen LogP contribution in [0.4, 0.5) is 0 Å². The van der Waals surface area contributed by atoms with Crippen LogP contribution in [0, 0.1) is 0 Å². The Kier molecular flexibility index (Phi) is 8.60. The average Bonchev–Trinajstić information content (AvgIpc) is 3.64. The molecule has 6 aromatic rings. The summed E-state index contributed by atoms with van der Waals surface area (Å²) in [7, 11) is -2.26. The van der Waals surface area contributed by atoms with Gasteiger partial charge in [0.25, 0.3) is 0 Å². The van der Waals surface area contributed by atoms with Crippen molar-refractivity contribution in [1.82, 2.24) is 0 Å². The summed E-state index contributed by atoms with van der Waals surface area (Å²) in [6.45, 7) is 15.4. The first-order valence-corrected chi connectivity index (χ1v) is 29.3. The second kappa shape index (κ2) is 13.1. The molecule has 0 saturated heterocycles. The predicted octanol–water partition coefficient (Wildman–Crippen LogP) is 13.2. The van der Waals surface area contributed by atoms with Crippen molar-refractivity contribution in [3.63, 3.8) is 0 Å². The van der Waals surface area contributed by atoms with Crippen LogP contribution in [0.5, 0.6) is 0 Å². The second-order valence-corrected chi connectivity index (χ2v) is 32.3. The van der Waals surface area contributed by atoms with Crippen LogP contribution in [0.1, 0.15) is 94.0 Å². The predicted molar refractivity (Wildman–Crippen MR) is 226 cm³/mol. The van der Waals surface area contributed by atoms with E-state index in [2.05, 4.69) is 162 Å². The van der Waals surface area contributed by atoms with Gasteiger partial charge in [0.05, 0.1) is 0 Å². The molecule has 0 aromatic heterocycles. The summed E-state index contributed by atoms with van der Waals surface area (Å²) < 4.78 is 3.99. The maximum absolute atomic E-state index is 3.39. The van der Waals surface area contributed by atoms with E-state index < -0.39 is 28.3 Å². The van der Waals surface area contributed by atoms with E-state index in [0.29, 0.717) is 7.25 Å². The number of hydrogen-bond acceptors (Lipinski definition) is 0. The Morgan fingerprint density at radius 3 is 1.35 bits per heavy atom. The molecule has 0 fully saturated rings. The zero-order valence-electron chi connectivity index (χ0n) is 31.9. The van der Waals surface area contributed by atoms with Gasteiger partial charge in [0.1, 0.15) is 0 Å². The molecule has 2 atom stereocenters. The topological polar surface area (TPSA) is 0 Å². The van der Waals surface area contributed by atoms with Crippen molar-refractivity contribution in [3.05, 3.63) is 166 Å². The van der Waals surface area contributed by atoms with E-state index in [9.17, 15) is 0 Å². The van der Waals surface area contributed by atoms with Crippen LogP contribution in [-0.4, -0.2) is 8.07 Å². The molecule has 52 heavy (non-hydrogen) atoms. The van der Waals surface area contributed by atoms with Crippen molar-refractivity contribution in [1.29, 1.82) is 0 Å². The van der Waals surface area contributed by atoms with Gasteiger partial charge in [-0.25, -0.2) is 0 Å². The van der Waals surface area contributed by atoms with Crippen molar-refractivity contribution < 1.29 is 20.3 Å². The van der Waals surface area contributed by atoms with Crippen LogP contribution >= 0.6 is 0 Å². The molecule has 0 nitrogen and oxygen atoms in total. The Morgan fingerprint density at radius 2 is 0.904 bits per heavy atom. The first-order valence-electron chi connectivity index (χ1n) is 20.0. The molecular formula is C50H52SiZr. The molecular weight excluding hydrogens is 720 g/mol. The SMILES string of the molecule is CCC[CH2][Zr]1([CH2]CCC)[CH]2C(C)=C(c3cccc4ccccc34)c3c2cccc3[Si](C)(C)c2cccc3c2C(c2cccc4ccccc24)=C(C)[CH]31. The maximum atomic E-state index is 2.66. The molecule has 9 rings (SSSR count). The van der Waals surface area contributed by atoms with Crippen molar-refractivity contribution in [2.75, 3.05) is 0 Å². The summed E-state index contributed by atoms with van der Waals surface area (Å²) in [6, 6.07) is 47.7. The first kappa shape index (κ1) is 34.2. The van der Waals surface area contributed by atoms with Gasteiger partial charge in [0.2, 0.25) is 0 Å². The molecule has 1 heterocycles. The monoisotopic (exact) mass is 770 g/mol. The second-order valence-electron chi connectivity index (χ2n) is 16.6. The molecule has 1 aliphatic heterocycles. The molecule has 2 unspecified atom stereocenters. The van der Waals surface area contributed by atoms with Gasteiger partial charge < -0.3 is 0 Å². The van der Waals surface area contributed by atoms with Gasteiger partial charge in [-0.3, -0.25) is 0 Å². The molecule has 6 aromatic carbocycles. The Morgan fingerprint density at radius 1 is 0.500 bits per heavy atom. The number of unbranched alkanes of at least 4 members (excludes halogenated alkanes) is 2. The van der Waals surface area contributed by atoms with Gasteiger partial charge in [-0.2, -0.15) is 0 Å². The number of rotatable bonds is 8. The van der Waals surface area contributed by atoms with Gasteiger partial charge in [-0.15, -0.1) is 0 Å². The van der Waals surface area contributed by atoms with Crippen LogP contribution in [0.15, 0.2) is 132 Å². The fraction of sp³-hybridized carbons (Fsp3) is 0.280. The fourth-order valence-corrected chi connectivity index (χ4v) is 33.0. The van der Waals surface area contributed by atoms with Crippen LogP contribution in [0.2, 0.25) is 21.4 Å². The molecule has 0 amide bonds. The molecule has 0 spiro atoms. The molecule has 2 heteroatoms. The van der Waals surface area contributed by atoms with E-state index in [1.54, 1.807) is 54.9 Å².